The fraction of sp³-hybridized carbons (Fsp3) is 0.421. The summed E-state index contributed by atoms with van der Waals surface area (Å²) in [6.07, 6.45) is 1.25. The summed E-state index contributed by atoms with van der Waals surface area (Å²) < 4.78 is 27.7. The van der Waals surface area contributed by atoms with Crippen molar-refractivity contribution >= 4 is 39.0 Å². The smallest absolute Gasteiger partial charge is 0.253 e. The molecule has 0 radical (unpaired) electrons. The van der Waals surface area contributed by atoms with Crippen LogP contribution in [0.5, 0.6) is 0 Å². The van der Waals surface area contributed by atoms with E-state index >= 15 is 0 Å². The van der Waals surface area contributed by atoms with Gasteiger partial charge in [0.15, 0.2) is 0 Å². The average molecular weight is 425 g/mol. The molecule has 2 heterocycles. The molecule has 0 bridgehead atoms. The third-order valence-electron chi connectivity index (χ3n) is 4.34. The van der Waals surface area contributed by atoms with Crippen LogP contribution in [0.4, 0.5) is 0 Å². The zero-order valence-corrected chi connectivity index (χ0v) is 17.9. The Morgan fingerprint density at radius 2 is 1.85 bits per heavy atom. The second kappa shape index (κ2) is 8.77. The topological polar surface area (TPSA) is 66.5 Å². The molecule has 1 aromatic carbocycles. The first-order valence-electron chi connectivity index (χ1n) is 8.97. The molecule has 1 aliphatic rings. The van der Waals surface area contributed by atoms with Crippen LogP contribution in [-0.2, 0) is 10.0 Å². The predicted molar refractivity (Wildman–Crippen MR) is 111 cm³/mol. The number of hydrogen-bond acceptors (Lipinski definition) is 5. The molecule has 146 valence electrons. The largest absolute Gasteiger partial charge is 0.339 e. The van der Waals surface area contributed by atoms with Crippen molar-refractivity contribution in [2.24, 2.45) is 0 Å². The molecule has 0 spiro atoms. The number of nitrogens with zero attached hydrogens (tertiary/aromatic N) is 1. The first kappa shape index (κ1) is 20.4. The van der Waals surface area contributed by atoms with Crippen LogP contribution in [0.2, 0.25) is 0 Å². The van der Waals surface area contributed by atoms with E-state index in [0.717, 1.165) is 4.90 Å². The van der Waals surface area contributed by atoms with Gasteiger partial charge in [0.1, 0.15) is 4.21 Å². The Balaban J connectivity index is 1.55. The quantitative estimate of drug-likeness (QED) is 0.716. The molecule has 1 N–H and O–H groups in total. The summed E-state index contributed by atoms with van der Waals surface area (Å²) in [5.74, 6) is 0.00987. The molecular weight excluding hydrogens is 400 g/mol. The number of nitrogens with one attached hydrogen (secondary N) is 1. The second-order valence-electron chi connectivity index (χ2n) is 6.81. The molecule has 27 heavy (non-hydrogen) atoms. The summed E-state index contributed by atoms with van der Waals surface area (Å²) in [6.45, 7) is 5.39. The van der Waals surface area contributed by atoms with Gasteiger partial charge in [-0.3, -0.25) is 4.79 Å². The molecule has 5 nitrogen and oxygen atoms in total. The van der Waals surface area contributed by atoms with Gasteiger partial charge in [0.25, 0.3) is 5.91 Å². The lowest BCUT2D eigenvalue weighted by Crippen LogP contribution is -2.46. The minimum Gasteiger partial charge on any atom is -0.339 e. The number of hydrogen-bond donors (Lipinski definition) is 1. The Hall–Kier alpha value is -1.35. The van der Waals surface area contributed by atoms with Crippen molar-refractivity contribution in [1.29, 1.82) is 0 Å². The Morgan fingerprint density at radius 1 is 1.19 bits per heavy atom. The molecule has 1 aromatic heterocycles. The number of piperidine rings is 1. The van der Waals surface area contributed by atoms with Crippen molar-refractivity contribution in [2.75, 3.05) is 13.1 Å². The van der Waals surface area contributed by atoms with Gasteiger partial charge in [0.2, 0.25) is 10.0 Å². The van der Waals surface area contributed by atoms with Crippen LogP contribution in [0.25, 0.3) is 0 Å². The lowest BCUT2D eigenvalue weighted by atomic mass is 10.0. The molecule has 3 rings (SSSR count). The molecule has 0 atom stereocenters. The van der Waals surface area contributed by atoms with Gasteiger partial charge < -0.3 is 4.90 Å². The Kier molecular flexibility index (Phi) is 6.62. The van der Waals surface area contributed by atoms with Gasteiger partial charge in [-0.15, -0.1) is 23.1 Å². The molecule has 1 amide bonds. The molecule has 0 aliphatic carbocycles. The van der Waals surface area contributed by atoms with Crippen LogP contribution in [0.3, 0.4) is 0 Å². The number of thiophene rings is 1. The van der Waals surface area contributed by atoms with Gasteiger partial charge in [-0.25, -0.2) is 13.1 Å². The number of benzene rings is 1. The van der Waals surface area contributed by atoms with Gasteiger partial charge in [0, 0.05) is 34.8 Å². The highest BCUT2D eigenvalue weighted by Gasteiger charge is 2.27. The zero-order chi connectivity index (χ0) is 19.4. The highest BCUT2D eigenvalue weighted by atomic mass is 32.2. The second-order valence-corrected chi connectivity index (χ2v) is 11.3. The van der Waals surface area contributed by atoms with Gasteiger partial charge >= 0.3 is 0 Å². The monoisotopic (exact) mass is 424 g/mol. The fourth-order valence-electron chi connectivity index (χ4n) is 3.03. The highest BCUT2D eigenvalue weighted by molar-refractivity contribution is 7.99. The summed E-state index contributed by atoms with van der Waals surface area (Å²) in [7, 11) is -3.46. The maximum Gasteiger partial charge on any atom is 0.253 e. The molecule has 0 saturated carbocycles. The maximum absolute atomic E-state index is 12.7. The number of carbonyl (C=O) groups is 1. The highest BCUT2D eigenvalue weighted by Crippen LogP contribution is 2.24. The van der Waals surface area contributed by atoms with E-state index in [4.69, 9.17) is 0 Å². The predicted octanol–water partition coefficient (Wildman–Crippen LogP) is 3.83. The molecule has 2 aromatic rings. The van der Waals surface area contributed by atoms with E-state index in [1.54, 1.807) is 34.2 Å². The Morgan fingerprint density at radius 3 is 2.41 bits per heavy atom. The summed E-state index contributed by atoms with van der Waals surface area (Å²) >= 11 is 2.98. The van der Waals surface area contributed by atoms with Crippen molar-refractivity contribution in [1.82, 2.24) is 9.62 Å². The fourth-order valence-corrected chi connectivity index (χ4v) is 6.18. The van der Waals surface area contributed by atoms with Gasteiger partial charge in [-0.2, -0.15) is 0 Å². The van der Waals surface area contributed by atoms with Gasteiger partial charge in [-0.1, -0.05) is 19.9 Å². The molecule has 1 aliphatic heterocycles. The third kappa shape index (κ3) is 5.34. The number of sulfonamides is 1. The zero-order valence-electron chi connectivity index (χ0n) is 15.4. The van der Waals surface area contributed by atoms with Crippen molar-refractivity contribution in [3.63, 3.8) is 0 Å². The van der Waals surface area contributed by atoms with Gasteiger partial charge in [0.05, 0.1) is 0 Å². The number of carbonyl (C=O) groups excluding carboxylic acids is 1. The summed E-state index contributed by atoms with van der Waals surface area (Å²) in [4.78, 5) is 15.7. The van der Waals surface area contributed by atoms with Crippen LogP contribution in [-0.4, -0.2) is 43.6 Å². The van der Waals surface area contributed by atoms with E-state index in [-0.39, 0.29) is 11.9 Å². The SMILES string of the molecule is CC(C)Sc1ccc(C(=O)N2CCC(NS(=O)(=O)c3cccs3)CC2)cc1. The van der Waals surface area contributed by atoms with Crippen LogP contribution < -0.4 is 4.72 Å². The Bertz CT molecular complexity index is 854. The lowest BCUT2D eigenvalue weighted by molar-refractivity contribution is 0.0711. The van der Waals surface area contributed by atoms with E-state index in [2.05, 4.69) is 18.6 Å². The van der Waals surface area contributed by atoms with Crippen LogP contribution in [0.1, 0.15) is 37.0 Å². The minimum absolute atomic E-state index is 0.00987. The normalized spacial score (nSPS) is 16.0. The number of amides is 1. The molecule has 8 heteroatoms. The lowest BCUT2D eigenvalue weighted by Gasteiger charge is -2.32. The van der Waals surface area contributed by atoms with Crippen molar-refractivity contribution < 1.29 is 13.2 Å². The number of likely N-dealkylation sites (tertiary alicyclic amines) is 1. The Labute approximate surface area is 169 Å². The molecule has 1 fully saturated rings. The molecule has 1 saturated heterocycles. The van der Waals surface area contributed by atoms with E-state index in [1.165, 1.54) is 11.3 Å². The van der Waals surface area contributed by atoms with E-state index in [1.807, 2.05) is 24.3 Å². The van der Waals surface area contributed by atoms with Crippen LogP contribution >= 0.6 is 23.1 Å². The van der Waals surface area contributed by atoms with E-state index < -0.39 is 10.0 Å². The number of thioether (sulfide) groups is 1. The maximum atomic E-state index is 12.7. The summed E-state index contributed by atoms with van der Waals surface area (Å²) in [5, 5.41) is 2.25. The molecule has 0 unspecified atom stereocenters. The van der Waals surface area contributed by atoms with E-state index in [0.29, 0.717) is 41.0 Å². The minimum atomic E-state index is -3.46. The van der Waals surface area contributed by atoms with Crippen LogP contribution in [0.15, 0.2) is 50.9 Å². The third-order valence-corrected chi connectivity index (χ3v) is 8.27. The van der Waals surface area contributed by atoms with E-state index in [9.17, 15) is 13.2 Å². The summed E-state index contributed by atoms with van der Waals surface area (Å²) in [6, 6.07) is 10.9. The van der Waals surface area contributed by atoms with Gasteiger partial charge in [-0.05, 0) is 48.6 Å². The summed E-state index contributed by atoms with van der Waals surface area (Å²) in [5.41, 5.74) is 0.681. The average Bonchev–Trinajstić information content (AvgIpc) is 3.17. The van der Waals surface area contributed by atoms with Crippen LogP contribution in [0, 0.1) is 0 Å². The number of rotatable bonds is 6. The van der Waals surface area contributed by atoms with Crippen molar-refractivity contribution in [3.05, 3.63) is 47.3 Å². The van der Waals surface area contributed by atoms with Crippen molar-refractivity contribution in [3.8, 4) is 0 Å². The first-order chi connectivity index (χ1) is 12.8. The first-order valence-corrected chi connectivity index (χ1v) is 12.2. The molecular formula is C19H24N2O3S3. The standard InChI is InChI=1S/C19H24N2O3S3/c1-14(2)26-17-7-5-15(6-8-17)19(22)21-11-9-16(10-12-21)20-27(23,24)18-4-3-13-25-18/h3-8,13-14,16,20H,9-12H2,1-2H3. The van der Waals surface area contributed by atoms with Crippen molar-refractivity contribution in [2.45, 2.75) is 47.1 Å².